The number of hydrogen-bond acceptors (Lipinski definition) is 3. The Balaban J connectivity index is 1.74. The first kappa shape index (κ1) is 18.5. The molecule has 0 radical (unpaired) electrons. The fraction of sp³-hybridized carbons (Fsp3) is 0.579. The summed E-state index contributed by atoms with van der Waals surface area (Å²) in [7, 11) is 0. The van der Waals surface area contributed by atoms with Crippen molar-refractivity contribution in [3.8, 4) is 0 Å². The van der Waals surface area contributed by atoms with Gasteiger partial charge in [-0.1, -0.05) is 44.2 Å². The monoisotopic (exact) mass is 331 g/mol. The molecule has 0 saturated carbocycles. The molecule has 132 valence electrons. The Morgan fingerprint density at radius 3 is 2.00 bits per heavy atom. The number of carbonyl (C=O) groups excluding carboxylic acids is 2. The topological polar surface area (TPSA) is 43.9 Å². The van der Waals surface area contributed by atoms with Crippen LogP contribution in [0.3, 0.4) is 0 Å². The van der Waals surface area contributed by atoms with Crippen LogP contribution in [0.25, 0.3) is 0 Å². The molecule has 1 aromatic rings. The molecule has 24 heavy (non-hydrogen) atoms. The average Bonchev–Trinajstić information content (AvgIpc) is 2.63. The maximum Gasteiger partial charge on any atom is 0.227 e. The Kier molecular flexibility index (Phi) is 7.25. The first-order valence-electron chi connectivity index (χ1n) is 8.95. The van der Waals surface area contributed by atoms with Crippen LogP contribution in [0, 0.1) is 0 Å². The lowest BCUT2D eigenvalue weighted by Gasteiger charge is -2.35. The van der Waals surface area contributed by atoms with Crippen LogP contribution in [0.5, 0.6) is 0 Å². The summed E-state index contributed by atoms with van der Waals surface area (Å²) in [4.78, 5) is 30.7. The van der Waals surface area contributed by atoms with Gasteiger partial charge in [0.05, 0.1) is 6.42 Å². The Labute approximate surface area is 145 Å². The zero-order chi connectivity index (χ0) is 17.4. The van der Waals surface area contributed by atoms with Crippen LogP contribution in [0.4, 0.5) is 0 Å². The van der Waals surface area contributed by atoms with Gasteiger partial charge in [-0.25, -0.2) is 0 Å². The van der Waals surface area contributed by atoms with E-state index in [1.807, 2.05) is 40.1 Å². The molecular formula is C19H29N3O2. The van der Waals surface area contributed by atoms with Crippen LogP contribution >= 0.6 is 0 Å². The lowest BCUT2D eigenvalue weighted by atomic mass is 10.1. The van der Waals surface area contributed by atoms with Crippen LogP contribution in [0.15, 0.2) is 30.3 Å². The number of rotatable bonds is 7. The lowest BCUT2D eigenvalue weighted by Crippen LogP contribution is -2.51. The molecule has 1 saturated heterocycles. The van der Waals surface area contributed by atoms with Crippen molar-refractivity contribution in [2.75, 3.05) is 45.8 Å². The molecule has 1 fully saturated rings. The van der Waals surface area contributed by atoms with Gasteiger partial charge in [0.15, 0.2) is 0 Å². The third-order valence-electron chi connectivity index (χ3n) is 4.72. The highest BCUT2D eigenvalue weighted by Crippen LogP contribution is 2.08. The molecule has 0 spiro atoms. The van der Waals surface area contributed by atoms with Gasteiger partial charge in [0, 0.05) is 39.1 Å². The van der Waals surface area contributed by atoms with Gasteiger partial charge < -0.3 is 14.7 Å². The summed E-state index contributed by atoms with van der Waals surface area (Å²) in [6.45, 7) is 9.59. The Morgan fingerprint density at radius 2 is 1.46 bits per heavy atom. The smallest absolute Gasteiger partial charge is 0.227 e. The zero-order valence-electron chi connectivity index (χ0n) is 14.9. The Hall–Kier alpha value is -1.88. The highest BCUT2D eigenvalue weighted by atomic mass is 16.2. The molecule has 0 aromatic heterocycles. The summed E-state index contributed by atoms with van der Waals surface area (Å²) >= 11 is 0. The van der Waals surface area contributed by atoms with Crippen molar-refractivity contribution in [1.82, 2.24) is 14.7 Å². The maximum absolute atomic E-state index is 12.4. The second-order valence-corrected chi connectivity index (χ2v) is 6.20. The summed E-state index contributed by atoms with van der Waals surface area (Å²) in [5.41, 5.74) is 1.04. The van der Waals surface area contributed by atoms with Crippen molar-refractivity contribution < 1.29 is 9.59 Å². The molecule has 5 heteroatoms. The molecule has 5 nitrogen and oxygen atoms in total. The van der Waals surface area contributed by atoms with E-state index in [0.717, 1.165) is 25.2 Å². The Morgan fingerprint density at radius 1 is 0.917 bits per heavy atom. The van der Waals surface area contributed by atoms with Crippen molar-refractivity contribution >= 4 is 11.8 Å². The summed E-state index contributed by atoms with van der Waals surface area (Å²) in [6, 6.07) is 9.82. The van der Waals surface area contributed by atoms with Crippen LogP contribution < -0.4 is 0 Å². The summed E-state index contributed by atoms with van der Waals surface area (Å²) < 4.78 is 0. The van der Waals surface area contributed by atoms with E-state index in [9.17, 15) is 9.59 Å². The van der Waals surface area contributed by atoms with Crippen molar-refractivity contribution in [2.45, 2.75) is 26.7 Å². The van der Waals surface area contributed by atoms with E-state index in [1.165, 1.54) is 0 Å². The molecule has 0 bridgehead atoms. The minimum Gasteiger partial charge on any atom is -0.339 e. The maximum atomic E-state index is 12.4. The van der Waals surface area contributed by atoms with E-state index in [-0.39, 0.29) is 11.8 Å². The Bertz CT molecular complexity index is 521. The van der Waals surface area contributed by atoms with Crippen molar-refractivity contribution in [2.24, 2.45) is 0 Å². The largest absolute Gasteiger partial charge is 0.339 e. The number of hydrogen-bond donors (Lipinski definition) is 0. The van der Waals surface area contributed by atoms with E-state index in [2.05, 4.69) is 18.7 Å². The first-order chi connectivity index (χ1) is 11.6. The SMILES string of the molecule is CCN(CC)CCC(=O)N1CCN(C(=O)Cc2ccccc2)CC1. The third kappa shape index (κ3) is 5.34. The van der Waals surface area contributed by atoms with Gasteiger partial charge in [0.2, 0.25) is 11.8 Å². The molecular weight excluding hydrogens is 302 g/mol. The van der Waals surface area contributed by atoms with Crippen LogP contribution in [-0.4, -0.2) is 72.3 Å². The molecule has 1 heterocycles. The lowest BCUT2D eigenvalue weighted by molar-refractivity contribution is -0.139. The van der Waals surface area contributed by atoms with Gasteiger partial charge in [-0.3, -0.25) is 9.59 Å². The van der Waals surface area contributed by atoms with Gasteiger partial charge in [0.25, 0.3) is 0 Å². The van der Waals surface area contributed by atoms with E-state index < -0.39 is 0 Å². The molecule has 0 N–H and O–H groups in total. The van der Waals surface area contributed by atoms with E-state index in [1.54, 1.807) is 0 Å². The fourth-order valence-corrected chi connectivity index (χ4v) is 3.04. The quantitative estimate of drug-likeness (QED) is 0.763. The highest BCUT2D eigenvalue weighted by Gasteiger charge is 2.24. The van der Waals surface area contributed by atoms with Crippen molar-refractivity contribution in [3.05, 3.63) is 35.9 Å². The minimum atomic E-state index is 0.149. The predicted molar refractivity (Wildman–Crippen MR) is 95.7 cm³/mol. The van der Waals surface area contributed by atoms with Crippen molar-refractivity contribution in [3.63, 3.8) is 0 Å². The molecule has 1 aromatic carbocycles. The number of benzene rings is 1. The van der Waals surface area contributed by atoms with E-state index in [0.29, 0.717) is 39.0 Å². The van der Waals surface area contributed by atoms with Gasteiger partial charge >= 0.3 is 0 Å². The summed E-state index contributed by atoms with van der Waals surface area (Å²) in [5.74, 6) is 0.355. The zero-order valence-corrected chi connectivity index (χ0v) is 14.9. The second-order valence-electron chi connectivity index (χ2n) is 6.20. The van der Waals surface area contributed by atoms with Crippen LogP contribution in [0.2, 0.25) is 0 Å². The van der Waals surface area contributed by atoms with Gasteiger partial charge in [-0.05, 0) is 18.7 Å². The van der Waals surface area contributed by atoms with Gasteiger partial charge in [0.1, 0.15) is 0 Å². The number of amides is 2. The summed E-state index contributed by atoms with van der Waals surface area (Å²) in [5, 5.41) is 0. The van der Waals surface area contributed by atoms with Gasteiger partial charge in [-0.15, -0.1) is 0 Å². The third-order valence-corrected chi connectivity index (χ3v) is 4.72. The summed E-state index contributed by atoms with van der Waals surface area (Å²) in [6.07, 6.45) is 1.01. The first-order valence-corrected chi connectivity index (χ1v) is 8.95. The molecule has 1 aliphatic heterocycles. The predicted octanol–water partition coefficient (Wildman–Crippen LogP) is 1.63. The second kappa shape index (κ2) is 9.42. The highest BCUT2D eigenvalue weighted by molar-refractivity contribution is 5.80. The fourth-order valence-electron chi connectivity index (χ4n) is 3.04. The molecule has 0 unspecified atom stereocenters. The van der Waals surface area contributed by atoms with E-state index >= 15 is 0 Å². The standard InChI is InChI=1S/C19H29N3O2/c1-3-20(4-2)11-10-18(23)21-12-14-22(15-13-21)19(24)16-17-8-6-5-7-9-17/h5-9H,3-4,10-16H2,1-2H3. The minimum absolute atomic E-state index is 0.149. The number of piperazine rings is 1. The molecule has 2 rings (SSSR count). The van der Waals surface area contributed by atoms with Crippen LogP contribution in [0.1, 0.15) is 25.8 Å². The van der Waals surface area contributed by atoms with E-state index in [4.69, 9.17) is 0 Å². The van der Waals surface area contributed by atoms with Gasteiger partial charge in [-0.2, -0.15) is 0 Å². The molecule has 1 aliphatic rings. The molecule has 0 aliphatic carbocycles. The number of nitrogens with zero attached hydrogens (tertiary/aromatic N) is 3. The van der Waals surface area contributed by atoms with Crippen LogP contribution in [-0.2, 0) is 16.0 Å². The molecule has 0 atom stereocenters. The average molecular weight is 331 g/mol. The number of carbonyl (C=O) groups is 2. The molecule has 2 amide bonds. The van der Waals surface area contributed by atoms with Crippen molar-refractivity contribution in [1.29, 1.82) is 0 Å². The normalized spacial score (nSPS) is 15.0.